The van der Waals surface area contributed by atoms with Crippen LogP contribution in [0.2, 0.25) is 0 Å². The molecule has 7 nitrogen and oxygen atoms in total. The fraction of sp³-hybridized carbons (Fsp3) is 0.0769. The lowest BCUT2D eigenvalue weighted by Gasteiger charge is -2.14. The fourth-order valence-corrected chi connectivity index (χ4v) is 4.02. The van der Waals surface area contributed by atoms with Crippen LogP contribution in [0.3, 0.4) is 0 Å². The molecule has 2 rings (SSSR count). The summed E-state index contributed by atoms with van der Waals surface area (Å²) in [6.07, 6.45) is 0. The molecule has 1 amide bonds. The highest BCUT2D eigenvalue weighted by atomic mass is 32.2. The molecule has 4 N–H and O–H groups in total. The van der Waals surface area contributed by atoms with Crippen molar-refractivity contribution in [2.75, 3.05) is 0 Å². The third-order valence-corrected chi connectivity index (χ3v) is 5.28. The number of primary amides is 1. The van der Waals surface area contributed by atoms with E-state index in [4.69, 9.17) is 5.73 Å². The molecule has 0 aliphatic carbocycles. The Morgan fingerprint density at radius 2 is 1.86 bits per heavy atom. The molecule has 116 valence electrons. The summed E-state index contributed by atoms with van der Waals surface area (Å²) in [5.41, 5.74) is 5.37. The molecule has 0 saturated heterocycles. The summed E-state index contributed by atoms with van der Waals surface area (Å²) in [6, 6.07) is 7.59. The van der Waals surface area contributed by atoms with Crippen LogP contribution in [0.4, 0.5) is 0 Å². The van der Waals surface area contributed by atoms with Crippen LogP contribution in [0.25, 0.3) is 0 Å². The first-order chi connectivity index (χ1) is 10.3. The van der Waals surface area contributed by atoms with Crippen LogP contribution in [0.1, 0.15) is 21.3 Å². The third-order valence-electron chi connectivity index (χ3n) is 2.78. The highest BCUT2D eigenvalue weighted by Gasteiger charge is 2.27. The lowest BCUT2D eigenvalue weighted by Crippen LogP contribution is -2.33. The van der Waals surface area contributed by atoms with Crippen LogP contribution < -0.4 is 10.5 Å². The number of carboxylic acid groups (broad SMARTS) is 1. The number of sulfonamides is 1. The fourth-order valence-electron chi connectivity index (χ4n) is 1.72. The first-order valence-electron chi connectivity index (χ1n) is 5.99. The zero-order valence-electron chi connectivity index (χ0n) is 11.1. The molecular formula is C13H12N2O5S2. The van der Waals surface area contributed by atoms with Crippen LogP contribution in [0, 0.1) is 0 Å². The standard InChI is InChI=1S/C13H12N2O5S2/c14-12(16)10-6-9(7-21-10)22(19,20)15-11(13(17)18)8-4-2-1-3-5-8/h1-7,11,15H,(H2,14,16)(H,17,18)/t11-/m1/s1. The van der Waals surface area contributed by atoms with Crippen molar-refractivity contribution < 1.29 is 23.1 Å². The molecule has 0 saturated carbocycles. The predicted molar refractivity (Wildman–Crippen MR) is 80.0 cm³/mol. The number of nitrogens with one attached hydrogen (secondary N) is 1. The average Bonchev–Trinajstić information content (AvgIpc) is 2.96. The van der Waals surface area contributed by atoms with Crippen molar-refractivity contribution in [3.05, 3.63) is 52.2 Å². The van der Waals surface area contributed by atoms with Crippen LogP contribution >= 0.6 is 11.3 Å². The normalized spacial score (nSPS) is 12.7. The van der Waals surface area contributed by atoms with Gasteiger partial charge in [-0.25, -0.2) is 8.42 Å². The summed E-state index contributed by atoms with van der Waals surface area (Å²) in [4.78, 5) is 22.2. The molecule has 2 aromatic rings. The van der Waals surface area contributed by atoms with Gasteiger partial charge in [-0.2, -0.15) is 4.72 Å². The van der Waals surface area contributed by atoms with Gasteiger partial charge in [-0.3, -0.25) is 9.59 Å². The number of amides is 1. The summed E-state index contributed by atoms with van der Waals surface area (Å²) < 4.78 is 26.6. The minimum atomic E-state index is -4.09. The summed E-state index contributed by atoms with van der Waals surface area (Å²) in [5, 5.41) is 10.5. The Bertz CT molecular complexity index is 799. The second-order valence-corrected chi connectivity index (χ2v) is 6.94. The van der Waals surface area contributed by atoms with Crippen LogP contribution in [-0.2, 0) is 14.8 Å². The van der Waals surface area contributed by atoms with Gasteiger partial charge in [0, 0.05) is 5.38 Å². The molecule has 0 spiro atoms. The highest BCUT2D eigenvalue weighted by molar-refractivity contribution is 7.89. The number of rotatable bonds is 6. The van der Waals surface area contributed by atoms with Crippen molar-refractivity contribution in [3.8, 4) is 0 Å². The Morgan fingerprint density at radius 3 is 2.36 bits per heavy atom. The second kappa shape index (κ2) is 6.26. The topological polar surface area (TPSA) is 127 Å². The molecule has 1 atom stereocenters. The van der Waals surface area contributed by atoms with Crippen molar-refractivity contribution in [2.45, 2.75) is 10.9 Å². The number of benzene rings is 1. The zero-order valence-corrected chi connectivity index (χ0v) is 12.7. The molecule has 0 aliphatic rings. The van der Waals surface area contributed by atoms with Gasteiger partial charge >= 0.3 is 5.97 Å². The molecule has 0 bridgehead atoms. The Labute approximate surface area is 130 Å². The molecule has 0 fully saturated rings. The highest BCUT2D eigenvalue weighted by Crippen LogP contribution is 2.22. The van der Waals surface area contributed by atoms with E-state index in [2.05, 4.69) is 4.72 Å². The van der Waals surface area contributed by atoms with Gasteiger partial charge in [0.15, 0.2) is 0 Å². The average molecular weight is 340 g/mol. The first-order valence-corrected chi connectivity index (χ1v) is 8.36. The van der Waals surface area contributed by atoms with Gasteiger partial charge < -0.3 is 10.8 Å². The molecule has 0 radical (unpaired) electrons. The largest absolute Gasteiger partial charge is 0.480 e. The lowest BCUT2D eigenvalue weighted by molar-refractivity contribution is -0.139. The maximum absolute atomic E-state index is 12.2. The molecule has 1 aromatic heterocycles. The van der Waals surface area contributed by atoms with Crippen LogP contribution in [-0.4, -0.2) is 25.4 Å². The molecule has 1 aromatic carbocycles. The van der Waals surface area contributed by atoms with Gasteiger partial charge in [-0.1, -0.05) is 30.3 Å². The van der Waals surface area contributed by atoms with Crippen molar-refractivity contribution in [2.24, 2.45) is 5.73 Å². The van der Waals surface area contributed by atoms with E-state index in [9.17, 15) is 23.1 Å². The van der Waals surface area contributed by atoms with Gasteiger partial charge in [0.1, 0.15) is 6.04 Å². The van der Waals surface area contributed by atoms with E-state index in [1.807, 2.05) is 0 Å². The number of hydrogen-bond donors (Lipinski definition) is 3. The van der Waals surface area contributed by atoms with E-state index >= 15 is 0 Å². The summed E-state index contributed by atoms with van der Waals surface area (Å²) in [6.45, 7) is 0. The van der Waals surface area contributed by atoms with Crippen molar-refractivity contribution in [3.63, 3.8) is 0 Å². The number of thiophene rings is 1. The summed E-state index contributed by atoms with van der Waals surface area (Å²) in [5.74, 6) is -2.08. The molecule has 0 aliphatic heterocycles. The van der Waals surface area contributed by atoms with E-state index in [-0.39, 0.29) is 9.77 Å². The summed E-state index contributed by atoms with van der Waals surface area (Å²) >= 11 is 0.875. The maximum Gasteiger partial charge on any atom is 0.326 e. The Hall–Kier alpha value is -2.23. The quantitative estimate of drug-likeness (QED) is 0.721. The minimum Gasteiger partial charge on any atom is -0.480 e. The number of carbonyl (C=O) groups is 2. The van der Waals surface area contributed by atoms with Gasteiger partial charge in [0.05, 0.1) is 9.77 Å². The molecular weight excluding hydrogens is 328 g/mol. The maximum atomic E-state index is 12.2. The van der Waals surface area contributed by atoms with Gasteiger partial charge in [-0.05, 0) is 11.6 Å². The summed E-state index contributed by atoms with van der Waals surface area (Å²) in [7, 11) is -4.09. The first kappa shape index (κ1) is 16.1. The van der Waals surface area contributed by atoms with Crippen molar-refractivity contribution in [1.29, 1.82) is 0 Å². The van der Waals surface area contributed by atoms with E-state index in [0.29, 0.717) is 5.56 Å². The van der Waals surface area contributed by atoms with E-state index < -0.39 is 27.9 Å². The SMILES string of the molecule is NC(=O)c1cc(S(=O)(=O)N[C@@H](C(=O)O)c2ccccc2)cs1. The molecule has 9 heteroatoms. The minimum absolute atomic E-state index is 0.0759. The van der Waals surface area contributed by atoms with Crippen molar-refractivity contribution >= 4 is 33.2 Å². The molecule has 22 heavy (non-hydrogen) atoms. The van der Waals surface area contributed by atoms with Gasteiger partial charge in [0.25, 0.3) is 5.91 Å². The number of carbonyl (C=O) groups excluding carboxylic acids is 1. The Morgan fingerprint density at radius 1 is 1.23 bits per heavy atom. The van der Waals surface area contributed by atoms with E-state index in [1.54, 1.807) is 18.2 Å². The smallest absolute Gasteiger partial charge is 0.326 e. The van der Waals surface area contributed by atoms with Crippen molar-refractivity contribution in [1.82, 2.24) is 4.72 Å². The molecule has 1 heterocycles. The monoisotopic (exact) mass is 340 g/mol. The number of carboxylic acids is 1. The molecule has 0 unspecified atom stereocenters. The van der Waals surface area contributed by atoms with Crippen LogP contribution in [0.5, 0.6) is 0 Å². The predicted octanol–water partition coefficient (Wildman–Crippen LogP) is 0.951. The number of aliphatic carboxylic acids is 1. The van der Waals surface area contributed by atoms with E-state index in [1.165, 1.54) is 17.5 Å². The lowest BCUT2D eigenvalue weighted by atomic mass is 10.1. The Balaban J connectivity index is 2.32. The zero-order chi connectivity index (χ0) is 16.3. The van der Waals surface area contributed by atoms with Gasteiger partial charge in [-0.15, -0.1) is 11.3 Å². The van der Waals surface area contributed by atoms with Crippen LogP contribution in [0.15, 0.2) is 46.7 Å². The number of nitrogens with two attached hydrogens (primary N) is 1. The third kappa shape index (κ3) is 3.50. The van der Waals surface area contributed by atoms with Gasteiger partial charge in [0.2, 0.25) is 10.0 Å². The number of hydrogen-bond acceptors (Lipinski definition) is 5. The second-order valence-electron chi connectivity index (χ2n) is 4.31. The van der Waals surface area contributed by atoms with E-state index in [0.717, 1.165) is 17.4 Å². The Kier molecular flexibility index (Phi) is 4.59.